The molecule has 4 heteroatoms. The van der Waals surface area contributed by atoms with Crippen molar-refractivity contribution < 1.29 is 0 Å². The summed E-state index contributed by atoms with van der Waals surface area (Å²) in [6.45, 7) is 6.18. The molecule has 0 amide bonds. The zero-order valence-electron chi connectivity index (χ0n) is 12.1. The van der Waals surface area contributed by atoms with Crippen molar-refractivity contribution in [2.24, 2.45) is 0 Å². The maximum atomic E-state index is 4.32. The SMILES string of the molecule is Cc1ncsc1CN(C)Cc1ccc2c(c1)CNCC2. The number of nitrogens with zero attached hydrogens (tertiary/aromatic N) is 2. The highest BCUT2D eigenvalue weighted by Crippen LogP contribution is 2.19. The van der Waals surface area contributed by atoms with E-state index in [0.717, 1.165) is 38.3 Å². The van der Waals surface area contributed by atoms with E-state index in [1.165, 1.54) is 21.6 Å². The Balaban J connectivity index is 1.66. The highest BCUT2D eigenvalue weighted by Gasteiger charge is 2.11. The van der Waals surface area contributed by atoms with Crippen LogP contribution in [0.4, 0.5) is 0 Å². The first kappa shape index (κ1) is 13.7. The lowest BCUT2D eigenvalue weighted by molar-refractivity contribution is 0.321. The van der Waals surface area contributed by atoms with Gasteiger partial charge in [-0.15, -0.1) is 11.3 Å². The van der Waals surface area contributed by atoms with Crippen LogP contribution in [0.25, 0.3) is 0 Å². The van der Waals surface area contributed by atoms with Crippen molar-refractivity contribution in [3.8, 4) is 0 Å². The summed E-state index contributed by atoms with van der Waals surface area (Å²) in [4.78, 5) is 8.05. The molecule has 3 nitrogen and oxygen atoms in total. The van der Waals surface area contributed by atoms with Gasteiger partial charge in [0.1, 0.15) is 0 Å². The number of benzene rings is 1. The summed E-state index contributed by atoms with van der Waals surface area (Å²) in [5, 5.41) is 3.45. The van der Waals surface area contributed by atoms with Crippen molar-refractivity contribution in [1.82, 2.24) is 15.2 Å². The quantitative estimate of drug-likeness (QED) is 0.937. The lowest BCUT2D eigenvalue weighted by Gasteiger charge is -2.20. The molecule has 3 rings (SSSR count). The average molecular weight is 287 g/mol. The monoisotopic (exact) mass is 287 g/mol. The molecule has 0 saturated heterocycles. The molecule has 0 aliphatic carbocycles. The lowest BCUT2D eigenvalue weighted by Crippen LogP contribution is -2.24. The standard InChI is InChI=1S/C16H21N3S/c1-12-16(20-11-18-12)10-19(2)9-13-3-4-14-5-6-17-8-15(14)7-13/h3-4,7,11,17H,5-6,8-10H2,1-2H3. The van der Waals surface area contributed by atoms with E-state index in [0.29, 0.717) is 0 Å². The number of aromatic nitrogens is 1. The molecular weight excluding hydrogens is 266 g/mol. The summed E-state index contributed by atoms with van der Waals surface area (Å²) in [7, 11) is 2.18. The van der Waals surface area contributed by atoms with E-state index in [1.54, 1.807) is 11.3 Å². The Labute approximate surface area is 124 Å². The van der Waals surface area contributed by atoms with Crippen molar-refractivity contribution in [3.05, 3.63) is 51.0 Å². The van der Waals surface area contributed by atoms with Gasteiger partial charge < -0.3 is 5.32 Å². The van der Waals surface area contributed by atoms with Gasteiger partial charge in [0.15, 0.2) is 0 Å². The molecule has 0 atom stereocenters. The first-order valence-electron chi connectivity index (χ1n) is 7.11. The van der Waals surface area contributed by atoms with Gasteiger partial charge in [0.2, 0.25) is 0 Å². The van der Waals surface area contributed by atoms with E-state index in [2.05, 4.69) is 47.4 Å². The van der Waals surface area contributed by atoms with Gasteiger partial charge in [0, 0.05) is 24.5 Å². The van der Waals surface area contributed by atoms with Gasteiger partial charge in [-0.1, -0.05) is 18.2 Å². The molecule has 2 aromatic rings. The number of hydrogen-bond donors (Lipinski definition) is 1. The zero-order chi connectivity index (χ0) is 13.9. The van der Waals surface area contributed by atoms with E-state index >= 15 is 0 Å². The summed E-state index contributed by atoms with van der Waals surface area (Å²) in [5.41, 5.74) is 7.47. The van der Waals surface area contributed by atoms with E-state index in [9.17, 15) is 0 Å². The first-order valence-corrected chi connectivity index (χ1v) is 7.99. The maximum absolute atomic E-state index is 4.32. The van der Waals surface area contributed by atoms with Crippen LogP contribution in [0, 0.1) is 6.92 Å². The largest absolute Gasteiger partial charge is 0.312 e. The number of rotatable bonds is 4. The Bertz CT molecular complexity index is 591. The smallest absolute Gasteiger partial charge is 0.0798 e. The van der Waals surface area contributed by atoms with Gasteiger partial charge in [-0.25, -0.2) is 4.98 Å². The Morgan fingerprint density at radius 3 is 3.00 bits per heavy atom. The summed E-state index contributed by atoms with van der Waals surface area (Å²) < 4.78 is 0. The molecule has 1 aromatic carbocycles. The third kappa shape index (κ3) is 3.08. The van der Waals surface area contributed by atoms with Crippen LogP contribution in [0.3, 0.4) is 0 Å². The van der Waals surface area contributed by atoms with Gasteiger partial charge >= 0.3 is 0 Å². The fourth-order valence-corrected chi connectivity index (χ4v) is 3.58. The number of hydrogen-bond acceptors (Lipinski definition) is 4. The van der Waals surface area contributed by atoms with E-state index in [1.807, 2.05) is 5.51 Å². The van der Waals surface area contributed by atoms with Crippen LogP contribution in [0.1, 0.15) is 27.3 Å². The van der Waals surface area contributed by atoms with Gasteiger partial charge in [-0.2, -0.15) is 0 Å². The van der Waals surface area contributed by atoms with Crippen molar-refractivity contribution in [3.63, 3.8) is 0 Å². The molecule has 2 heterocycles. The number of aryl methyl sites for hydroxylation is 1. The summed E-state index contributed by atoms with van der Waals surface area (Å²) in [5.74, 6) is 0. The topological polar surface area (TPSA) is 28.2 Å². The molecule has 0 radical (unpaired) electrons. The van der Waals surface area contributed by atoms with E-state index in [-0.39, 0.29) is 0 Å². The fourth-order valence-electron chi connectivity index (χ4n) is 2.72. The number of nitrogens with one attached hydrogen (secondary N) is 1. The van der Waals surface area contributed by atoms with Crippen molar-refractivity contribution >= 4 is 11.3 Å². The summed E-state index contributed by atoms with van der Waals surface area (Å²) in [6.07, 6.45) is 1.16. The van der Waals surface area contributed by atoms with Gasteiger partial charge in [0.05, 0.1) is 11.2 Å². The molecule has 0 fully saturated rings. The zero-order valence-corrected chi connectivity index (χ0v) is 13.0. The van der Waals surface area contributed by atoms with Gasteiger partial charge in [-0.05, 0) is 43.6 Å². The normalized spacial score (nSPS) is 14.6. The molecule has 1 N–H and O–H groups in total. The molecule has 0 spiro atoms. The van der Waals surface area contributed by atoms with Crippen LogP contribution < -0.4 is 5.32 Å². The van der Waals surface area contributed by atoms with Crippen LogP contribution in [-0.4, -0.2) is 23.5 Å². The van der Waals surface area contributed by atoms with Gasteiger partial charge in [0.25, 0.3) is 0 Å². The van der Waals surface area contributed by atoms with Crippen LogP contribution in [-0.2, 0) is 26.1 Å². The molecule has 0 unspecified atom stereocenters. The molecule has 1 aliphatic rings. The fraction of sp³-hybridized carbons (Fsp3) is 0.438. The van der Waals surface area contributed by atoms with Gasteiger partial charge in [-0.3, -0.25) is 4.90 Å². The third-order valence-electron chi connectivity index (χ3n) is 3.87. The first-order chi connectivity index (χ1) is 9.72. The second-order valence-electron chi connectivity index (χ2n) is 5.56. The Hall–Kier alpha value is -1.23. The average Bonchev–Trinajstić information content (AvgIpc) is 2.84. The van der Waals surface area contributed by atoms with Crippen LogP contribution in [0.5, 0.6) is 0 Å². The summed E-state index contributed by atoms with van der Waals surface area (Å²) >= 11 is 1.75. The highest BCUT2D eigenvalue weighted by atomic mass is 32.1. The number of thiazole rings is 1. The second kappa shape index (κ2) is 6.04. The minimum Gasteiger partial charge on any atom is -0.312 e. The molecule has 0 bridgehead atoms. The highest BCUT2D eigenvalue weighted by molar-refractivity contribution is 7.09. The Morgan fingerprint density at radius 2 is 2.20 bits per heavy atom. The predicted molar refractivity (Wildman–Crippen MR) is 83.9 cm³/mol. The minimum absolute atomic E-state index is 0.978. The molecule has 106 valence electrons. The van der Waals surface area contributed by atoms with E-state index < -0.39 is 0 Å². The van der Waals surface area contributed by atoms with Crippen LogP contribution in [0.15, 0.2) is 23.7 Å². The van der Waals surface area contributed by atoms with Crippen LogP contribution in [0.2, 0.25) is 0 Å². The van der Waals surface area contributed by atoms with Crippen LogP contribution >= 0.6 is 11.3 Å². The molecular formula is C16H21N3S. The number of fused-ring (bicyclic) bond motifs is 1. The van der Waals surface area contributed by atoms with Crippen molar-refractivity contribution in [1.29, 1.82) is 0 Å². The Kier molecular flexibility index (Phi) is 4.15. The molecule has 1 aliphatic heterocycles. The molecule has 1 aromatic heterocycles. The van der Waals surface area contributed by atoms with Crippen molar-refractivity contribution in [2.45, 2.75) is 33.0 Å². The Morgan fingerprint density at radius 1 is 1.30 bits per heavy atom. The van der Waals surface area contributed by atoms with Crippen molar-refractivity contribution in [2.75, 3.05) is 13.6 Å². The molecule has 0 saturated carbocycles. The maximum Gasteiger partial charge on any atom is 0.0798 e. The summed E-state index contributed by atoms with van der Waals surface area (Å²) in [6, 6.07) is 6.94. The minimum atomic E-state index is 0.978. The second-order valence-corrected chi connectivity index (χ2v) is 6.50. The third-order valence-corrected chi connectivity index (χ3v) is 4.79. The molecule has 20 heavy (non-hydrogen) atoms. The predicted octanol–water partition coefficient (Wildman–Crippen LogP) is 2.73. The van der Waals surface area contributed by atoms with E-state index in [4.69, 9.17) is 0 Å². The lowest BCUT2D eigenvalue weighted by atomic mass is 9.98.